The molecule has 0 saturated carbocycles. The summed E-state index contributed by atoms with van der Waals surface area (Å²) >= 11 is 0. The molecule has 0 aromatic heterocycles. The molecule has 0 fully saturated rings. The van der Waals surface area contributed by atoms with Crippen molar-refractivity contribution in [3.05, 3.63) is 35.4 Å². The molecule has 4 nitrogen and oxygen atoms in total. The van der Waals surface area contributed by atoms with E-state index in [-0.39, 0.29) is 24.3 Å². The van der Waals surface area contributed by atoms with Crippen molar-refractivity contribution >= 4 is 11.8 Å². The van der Waals surface area contributed by atoms with Crippen molar-refractivity contribution in [3.8, 4) is 12.3 Å². The molecule has 0 aliphatic heterocycles. The van der Waals surface area contributed by atoms with Crippen molar-refractivity contribution in [1.29, 1.82) is 0 Å². The molecule has 2 amide bonds. The fraction of sp³-hybridized carbons (Fsp3) is 0.375. The minimum absolute atomic E-state index is 0.0264. The van der Waals surface area contributed by atoms with Crippen LogP contribution in [0.5, 0.6) is 0 Å². The van der Waals surface area contributed by atoms with E-state index in [4.69, 9.17) is 6.42 Å². The maximum atomic E-state index is 12.2. The highest BCUT2D eigenvalue weighted by atomic mass is 16.2. The van der Waals surface area contributed by atoms with Crippen LogP contribution in [-0.2, 0) is 4.79 Å². The van der Waals surface area contributed by atoms with Crippen molar-refractivity contribution in [3.63, 3.8) is 0 Å². The molecule has 20 heavy (non-hydrogen) atoms. The summed E-state index contributed by atoms with van der Waals surface area (Å²) in [6, 6.07) is 6.63. The molecule has 2 N–H and O–H groups in total. The molecule has 1 aromatic carbocycles. The van der Waals surface area contributed by atoms with Gasteiger partial charge in [-0.25, -0.2) is 0 Å². The highest BCUT2D eigenvalue weighted by molar-refractivity contribution is 5.97. The average Bonchev–Trinajstić information content (AvgIpc) is 2.41. The van der Waals surface area contributed by atoms with E-state index in [2.05, 4.69) is 16.6 Å². The highest BCUT2D eigenvalue weighted by Crippen LogP contribution is 2.07. The first-order chi connectivity index (χ1) is 9.45. The molecule has 0 aliphatic rings. The fourth-order valence-electron chi connectivity index (χ4n) is 1.79. The van der Waals surface area contributed by atoms with Crippen LogP contribution in [0.2, 0.25) is 0 Å². The summed E-state index contributed by atoms with van der Waals surface area (Å²) in [6.45, 7) is 5.81. The summed E-state index contributed by atoms with van der Waals surface area (Å²) < 4.78 is 0. The Morgan fingerprint density at radius 2 is 2.05 bits per heavy atom. The largest absolute Gasteiger partial charge is 0.343 e. The van der Waals surface area contributed by atoms with Crippen LogP contribution in [0.15, 0.2) is 24.3 Å². The maximum Gasteiger partial charge on any atom is 0.251 e. The first kappa shape index (κ1) is 15.8. The van der Waals surface area contributed by atoms with Crippen LogP contribution < -0.4 is 10.6 Å². The smallest absolute Gasteiger partial charge is 0.251 e. The van der Waals surface area contributed by atoms with Gasteiger partial charge in [0, 0.05) is 5.56 Å². The second-order valence-corrected chi connectivity index (χ2v) is 4.99. The quantitative estimate of drug-likeness (QED) is 0.798. The Bertz CT molecular complexity index is 530. The van der Waals surface area contributed by atoms with Gasteiger partial charge in [0.05, 0.1) is 6.54 Å². The van der Waals surface area contributed by atoms with Gasteiger partial charge in [-0.05, 0) is 25.0 Å². The molecule has 0 saturated heterocycles. The Morgan fingerprint density at radius 1 is 1.35 bits per heavy atom. The van der Waals surface area contributed by atoms with Crippen LogP contribution in [0.3, 0.4) is 0 Å². The first-order valence-electron chi connectivity index (χ1n) is 6.54. The monoisotopic (exact) mass is 272 g/mol. The predicted octanol–water partition coefficient (Wildman–Crippen LogP) is 1.50. The van der Waals surface area contributed by atoms with Gasteiger partial charge in [0.25, 0.3) is 5.91 Å². The average molecular weight is 272 g/mol. The van der Waals surface area contributed by atoms with E-state index in [9.17, 15) is 9.59 Å². The molecule has 1 unspecified atom stereocenters. The van der Waals surface area contributed by atoms with E-state index in [0.29, 0.717) is 5.56 Å². The molecule has 0 spiro atoms. The zero-order chi connectivity index (χ0) is 15.1. The molecule has 0 bridgehead atoms. The Morgan fingerprint density at radius 3 is 2.60 bits per heavy atom. The molecule has 1 atom stereocenters. The minimum atomic E-state index is -0.601. The Hall–Kier alpha value is -2.28. The fourth-order valence-corrected chi connectivity index (χ4v) is 1.79. The Balaban J connectivity index is 2.78. The third kappa shape index (κ3) is 4.43. The third-order valence-corrected chi connectivity index (χ3v) is 2.88. The Kier molecular flexibility index (Phi) is 5.79. The minimum Gasteiger partial charge on any atom is -0.343 e. The summed E-state index contributed by atoms with van der Waals surface area (Å²) in [7, 11) is 0. The lowest BCUT2D eigenvalue weighted by atomic mass is 10.0. The molecule has 0 radical (unpaired) electrons. The SMILES string of the molecule is C#CCNC(=O)C(NC(=O)c1cccc(C)c1)C(C)C. The van der Waals surface area contributed by atoms with E-state index in [1.54, 1.807) is 12.1 Å². The number of aryl methyl sites for hydroxylation is 1. The van der Waals surface area contributed by atoms with Gasteiger partial charge in [-0.1, -0.05) is 37.5 Å². The van der Waals surface area contributed by atoms with Gasteiger partial charge in [-0.3, -0.25) is 9.59 Å². The van der Waals surface area contributed by atoms with Crippen LogP contribution in [-0.4, -0.2) is 24.4 Å². The molecule has 4 heteroatoms. The number of terminal acetylenes is 1. The molecule has 106 valence electrons. The number of hydrogen-bond donors (Lipinski definition) is 2. The number of hydrogen-bond acceptors (Lipinski definition) is 2. The molecule has 1 rings (SSSR count). The second kappa shape index (κ2) is 7.34. The van der Waals surface area contributed by atoms with Gasteiger partial charge in [0.1, 0.15) is 6.04 Å². The van der Waals surface area contributed by atoms with E-state index >= 15 is 0 Å². The first-order valence-corrected chi connectivity index (χ1v) is 6.54. The number of carbonyl (C=O) groups is 2. The van der Waals surface area contributed by atoms with Crippen LogP contribution in [0, 0.1) is 25.2 Å². The number of carbonyl (C=O) groups excluding carboxylic acids is 2. The number of benzene rings is 1. The van der Waals surface area contributed by atoms with Gasteiger partial charge in [0.15, 0.2) is 0 Å². The summed E-state index contributed by atoms with van der Waals surface area (Å²) in [5.41, 5.74) is 1.54. The summed E-state index contributed by atoms with van der Waals surface area (Å²) in [4.78, 5) is 24.1. The van der Waals surface area contributed by atoms with E-state index in [0.717, 1.165) is 5.56 Å². The van der Waals surface area contributed by atoms with Crippen LogP contribution in [0.25, 0.3) is 0 Å². The van der Waals surface area contributed by atoms with E-state index in [1.807, 2.05) is 32.9 Å². The van der Waals surface area contributed by atoms with Crippen molar-refractivity contribution in [1.82, 2.24) is 10.6 Å². The van der Waals surface area contributed by atoms with E-state index < -0.39 is 6.04 Å². The lowest BCUT2D eigenvalue weighted by Gasteiger charge is -2.21. The molecule has 0 heterocycles. The topological polar surface area (TPSA) is 58.2 Å². The zero-order valence-electron chi connectivity index (χ0n) is 12.1. The summed E-state index contributed by atoms with van der Waals surface area (Å²) in [5, 5.41) is 5.34. The van der Waals surface area contributed by atoms with Gasteiger partial charge < -0.3 is 10.6 Å². The van der Waals surface area contributed by atoms with E-state index in [1.165, 1.54) is 0 Å². The molecule has 1 aromatic rings. The maximum absolute atomic E-state index is 12.2. The third-order valence-electron chi connectivity index (χ3n) is 2.88. The van der Waals surface area contributed by atoms with Crippen molar-refractivity contribution in [2.45, 2.75) is 26.8 Å². The van der Waals surface area contributed by atoms with Crippen LogP contribution in [0.4, 0.5) is 0 Å². The number of nitrogens with one attached hydrogen (secondary N) is 2. The molecular weight excluding hydrogens is 252 g/mol. The lowest BCUT2D eigenvalue weighted by Crippen LogP contribution is -2.49. The van der Waals surface area contributed by atoms with Crippen molar-refractivity contribution in [2.24, 2.45) is 5.92 Å². The highest BCUT2D eigenvalue weighted by Gasteiger charge is 2.24. The van der Waals surface area contributed by atoms with Crippen molar-refractivity contribution < 1.29 is 9.59 Å². The van der Waals surface area contributed by atoms with Crippen LogP contribution in [0.1, 0.15) is 29.8 Å². The zero-order valence-corrected chi connectivity index (χ0v) is 12.1. The van der Waals surface area contributed by atoms with Gasteiger partial charge in [0.2, 0.25) is 5.91 Å². The predicted molar refractivity (Wildman–Crippen MR) is 79.1 cm³/mol. The van der Waals surface area contributed by atoms with Gasteiger partial charge in [-0.2, -0.15) is 0 Å². The summed E-state index contributed by atoms with van der Waals surface area (Å²) in [6.07, 6.45) is 5.11. The molecule has 0 aliphatic carbocycles. The van der Waals surface area contributed by atoms with Gasteiger partial charge >= 0.3 is 0 Å². The molecular formula is C16H20N2O2. The second-order valence-electron chi connectivity index (χ2n) is 4.99. The standard InChI is InChI=1S/C16H20N2O2/c1-5-9-17-16(20)14(11(2)3)18-15(19)13-8-6-7-12(4)10-13/h1,6-8,10-11,14H,9H2,2-4H3,(H,17,20)(H,18,19). The summed E-state index contributed by atoms with van der Waals surface area (Å²) in [5.74, 6) is 1.79. The van der Waals surface area contributed by atoms with Gasteiger partial charge in [-0.15, -0.1) is 6.42 Å². The number of rotatable bonds is 5. The van der Waals surface area contributed by atoms with Crippen molar-refractivity contribution in [2.75, 3.05) is 6.54 Å². The number of amides is 2. The Labute approximate surface area is 120 Å². The lowest BCUT2D eigenvalue weighted by molar-refractivity contribution is -0.123. The van der Waals surface area contributed by atoms with Crippen LogP contribution >= 0.6 is 0 Å². The normalized spacial score (nSPS) is 11.6.